The molecule has 0 aromatic heterocycles. The third-order valence-corrected chi connectivity index (χ3v) is 3.63. The van der Waals surface area contributed by atoms with Crippen molar-refractivity contribution in [2.45, 2.75) is 26.2 Å². The van der Waals surface area contributed by atoms with E-state index in [0.29, 0.717) is 23.6 Å². The molecule has 3 N–H and O–H groups in total. The Morgan fingerprint density at radius 2 is 1.58 bits per heavy atom. The standard InChI is InChI=1S/C19H23N3O2/c1-2-3-7-14-21-18(23)19(24)22(16-8-5-4-6-9-16)17-12-10-15(20)11-13-17/h4-6,8-13H,2-3,7,14,20H2,1H3,(H,21,23). The minimum atomic E-state index is -0.609. The largest absolute Gasteiger partial charge is 0.399 e. The zero-order valence-electron chi connectivity index (χ0n) is 13.9. The number of nitrogens with zero attached hydrogens (tertiary/aromatic N) is 1. The minimum Gasteiger partial charge on any atom is -0.399 e. The molecule has 2 aromatic rings. The van der Waals surface area contributed by atoms with Crippen LogP contribution in [0.1, 0.15) is 26.2 Å². The average molecular weight is 325 g/mol. The van der Waals surface area contributed by atoms with Gasteiger partial charge in [-0.05, 0) is 42.8 Å². The molecule has 2 rings (SSSR count). The van der Waals surface area contributed by atoms with E-state index in [-0.39, 0.29) is 0 Å². The lowest BCUT2D eigenvalue weighted by molar-refractivity contribution is -0.137. The molecule has 0 aliphatic rings. The number of nitrogens with two attached hydrogens (primary N) is 1. The van der Waals surface area contributed by atoms with Gasteiger partial charge in [-0.15, -0.1) is 0 Å². The van der Waals surface area contributed by atoms with E-state index in [1.54, 1.807) is 36.4 Å². The number of amides is 2. The number of nitrogens with one attached hydrogen (secondary N) is 1. The van der Waals surface area contributed by atoms with Gasteiger partial charge in [-0.25, -0.2) is 0 Å². The fraction of sp³-hybridized carbons (Fsp3) is 0.263. The number of hydrogen-bond acceptors (Lipinski definition) is 3. The summed E-state index contributed by atoms with van der Waals surface area (Å²) < 4.78 is 0. The van der Waals surface area contributed by atoms with E-state index in [2.05, 4.69) is 12.2 Å². The van der Waals surface area contributed by atoms with Gasteiger partial charge in [-0.3, -0.25) is 14.5 Å². The molecule has 0 saturated heterocycles. The van der Waals surface area contributed by atoms with Crippen LogP contribution in [-0.2, 0) is 9.59 Å². The molecule has 0 heterocycles. The van der Waals surface area contributed by atoms with Crippen LogP contribution in [0, 0.1) is 0 Å². The first-order chi connectivity index (χ1) is 11.6. The Balaban J connectivity index is 2.21. The van der Waals surface area contributed by atoms with Gasteiger partial charge in [0, 0.05) is 23.6 Å². The van der Waals surface area contributed by atoms with Crippen molar-refractivity contribution in [2.24, 2.45) is 0 Å². The lowest BCUT2D eigenvalue weighted by Gasteiger charge is -2.22. The lowest BCUT2D eigenvalue weighted by atomic mass is 10.2. The maximum Gasteiger partial charge on any atom is 0.320 e. The van der Waals surface area contributed by atoms with Gasteiger partial charge in [0.25, 0.3) is 0 Å². The smallest absolute Gasteiger partial charge is 0.320 e. The van der Waals surface area contributed by atoms with E-state index in [1.165, 1.54) is 4.90 Å². The molecular formula is C19H23N3O2. The van der Waals surface area contributed by atoms with Crippen molar-refractivity contribution in [1.29, 1.82) is 0 Å². The van der Waals surface area contributed by atoms with Crippen molar-refractivity contribution in [3.8, 4) is 0 Å². The Morgan fingerprint density at radius 3 is 2.21 bits per heavy atom. The molecule has 0 radical (unpaired) electrons. The topological polar surface area (TPSA) is 75.4 Å². The van der Waals surface area contributed by atoms with Crippen LogP contribution in [0.3, 0.4) is 0 Å². The number of unbranched alkanes of at least 4 members (excludes halogenated alkanes) is 2. The van der Waals surface area contributed by atoms with E-state index < -0.39 is 11.8 Å². The highest BCUT2D eigenvalue weighted by Crippen LogP contribution is 2.26. The van der Waals surface area contributed by atoms with Gasteiger partial charge in [0.05, 0.1) is 0 Å². The maximum atomic E-state index is 12.7. The number of anilines is 3. The second kappa shape index (κ2) is 8.72. The summed E-state index contributed by atoms with van der Waals surface area (Å²) in [7, 11) is 0. The van der Waals surface area contributed by atoms with Crippen molar-refractivity contribution in [3.05, 3.63) is 54.6 Å². The summed E-state index contributed by atoms with van der Waals surface area (Å²) in [5.41, 5.74) is 7.55. The molecule has 0 aliphatic heterocycles. The average Bonchev–Trinajstić information content (AvgIpc) is 2.61. The number of nitrogen functional groups attached to an aromatic ring is 1. The molecule has 0 bridgehead atoms. The molecule has 5 heteroatoms. The SMILES string of the molecule is CCCCCNC(=O)C(=O)N(c1ccccc1)c1ccc(N)cc1. The van der Waals surface area contributed by atoms with Crippen LogP contribution in [0.2, 0.25) is 0 Å². The van der Waals surface area contributed by atoms with Crippen molar-refractivity contribution in [3.63, 3.8) is 0 Å². The van der Waals surface area contributed by atoms with E-state index >= 15 is 0 Å². The third-order valence-electron chi connectivity index (χ3n) is 3.63. The maximum absolute atomic E-state index is 12.7. The Kier molecular flexibility index (Phi) is 6.37. The quantitative estimate of drug-likeness (QED) is 0.486. The Morgan fingerprint density at radius 1 is 0.958 bits per heavy atom. The number of carbonyl (C=O) groups is 2. The molecule has 5 nitrogen and oxygen atoms in total. The monoisotopic (exact) mass is 325 g/mol. The van der Waals surface area contributed by atoms with Gasteiger partial charge < -0.3 is 11.1 Å². The first-order valence-electron chi connectivity index (χ1n) is 8.16. The van der Waals surface area contributed by atoms with Crippen LogP contribution in [0.5, 0.6) is 0 Å². The zero-order chi connectivity index (χ0) is 17.4. The summed E-state index contributed by atoms with van der Waals surface area (Å²) in [6.07, 6.45) is 2.95. The van der Waals surface area contributed by atoms with Crippen LogP contribution in [0.15, 0.2) is 54.6 Å². The second-order valence-corrected chi connectivity index (χ2v) is 5.53. The highest BCUT2D eigenvalue weighted by Gasteiger charge is 2.24. The van der Waals surface area contributed by atoms with Crippen LogP contribution in [-0.4, -0.2) is 18.4 Å². The number of hydrogen-bond donors (Lipinski definition) is 2. The summed E-state index contributed by atoms with van der Waals surface area (Å²) in [5, 5.41) is 2.69. The fourth-order valence-corrected chi connectivity index (χ4v) is 2.34. The number of carbonyl (C=O) groups excluding carboxylic acids is 2. The van der Waals surface area contributed by atoms with Crippen LogP contribution >= 0.6 is 0 Å². The van der Waals surface area contributed by atoms with Gasteiger partial charge in [0.1, 0.15) is 0 Å². The van der Waals surface area contributed by atoms with Crippen LogP contribution in [0.25, 0.3) is 0 Å². The Bertz CT molecular complexity index is 669. The van der Waals surface area contributed by atoms with E-state index in [9.17, 15) is 9.59 Å². The summed E-state index contributed by atoms with van der Waals surface area (Å²) in [4.78, 5) is 26.3. The summed E-state index contributed by atoms with van der Waals surface area (Å²) >= 11 is 0. The molecule has 0 aliphatic carbocycles. The van der Waals surface area contributed by atoms with Gasteiger partial charge in [0.15, 0.2) is 0 Å². The van der Waals surface area contributed by atoms with Gasteiger partial charge in [-0.1, -0.05) is 38.0 Å². The normalized spacial score (nSPS) is 10.2. The predicted molar refractivity (Wildman–Crippen MR) is 97.0 cm³/mol. The Labute approximate surface area is 142 Å². The zero-order valence-corrected chi connectivity index (χ0v) is 13.9. The summed E-state index contributed by atoms with van der Waals surface area (Å²) in [6.45, 7) is 2.59. The second-order valence-electron chi connectivity index (χ2n) is 5.53. The molecule has 0 atom stereocenters. The van der Waals surface area contributed by atoms with Crippen molar-refractivity contribution in [2.75, 3.05) is 17.2 Å². The van der Waals surface area contributed by atoms with Gasteiger partial charge in [0.2, 0.25) is 0 Å². The molecule has 2 aromatic carbocycles. The van der Waals surface area contributed by atoms with E-state index in [4.69, 9.17) is 5.73 Å². The first kappa shape index (κ1) is 17.5. The highest BCUT2D eigenvalue weighted by molar-refractivity contribution is 6.42. The predicted octanol–water partition coefficient (Wildman–Crippen LogP) is 3.24. The van der Waals surface area contributed by atoms with Crippen LogP contribution in [0.4, 0.5) is 17.1 Å². The number of para-hydroxylation sites is 1. The third kappa shape index (κ3) is 4.59. The molecule has 0 spiro atoms. The van der Waals surface area contributed by atoms with Crippen molar-refractivity contribution < 1.29 is 9.59 Å². The lowest BCUT2D eigenvalue weighted by Crippen LogP contribution is -2.41. The summed E-state index contributed by atoms with van der Waals surface area (Å²) in [6, 6.07) is 16.0. The molecular weight excluding hydrogens is 302 g/mol. The van der Waals surface area contributed by atoms with Gasteiger partial charge in [-0.2, -0.15) is 0 Å². The summed E-state index contributed by atoms with van der Waals surface area (Å²) in [5.74, 6) is -1.21. The molecule has 24 heavy (non-hydrogen) atoms. The highest BCUT2D eigenvalue weighted by atomic mass is 16.2. The number of benzene rings is 2. The van der Waals surface area contributed by atoms with E-state index in [0.717, 1.165) is 19.3 Å². The minimum absolute atomic E-state index is 0.503. The Hall–Kier alpha value is -2.82. The first-order valence-corrected chi connectivity index (χ1v) is 8.16. The van der Waals surface area contributed by atoms with Crippen molar-refractivity contribution in [1.82, 2.24) is 5.32 Å². The number of rotatable bonds is 6. The molecule has 126 valence electrons. The van der Waals surface area contributed by atoms with E-state index in [1.807, 2.05) is 18.2 Å². The molecule has 2 amide bonds. The molecule has 0 saturated carbocycles. The molecule has 0 unspecified atom stereocenters. The molecule has 0 fully saturated rings. The fourth-order valence-electron chi connectivity index (χ4n) is 2.34. The van der Waals surface area contributed by atoms with Crippen LogP contribution < -0.4 is 16.0 Å². The van der Waals surface area contributed by atoms with Gasteiger partial charge >= 0.3 is 11.8 Å². The van der Waals surface area contributed by atoms with Crippen molar-refractivity contribution >= 4 is 28.9 Å².